The second-order valence-corrected chi connectivity index (χ2v) is 7.49. The van der Waals surface area contributed by atoms with Crippen LogP contribution >= 0.6 is 0 Å². The van der Waals surface area contributed by atoms with Crippen LogP contribution in [-0.4, -0.2) is 49.4 Å². The minimum atomic E-state index is -0.618. The van der Waals surface area contributed by atoms with E-state index in [1.165, 1.54) is 13.2 Å². The van der Waals surface area contributed by atoms with Crippen molar-refractivity contribution in [1.29, 1.82) is 0 Å². The summed E-state index contributed by atoms with van der Waals surface area (Å²) in [4.78, 5) is 42.4. The second-order valence-electron chi connectivity index (χ2n) is 7.49. The summed E-state index contributed by atoms with van der Waals surface area (Å²) in [6, 6.07) is 11.4. The Morgan fingerprint density at radius 1 is 1.03 bits per heavy atom. The minimum absolute atomic E-state index is 0.201. The van der Waals surface area contributed by atoms with Crippen molar-refractivity contribution in [2.24, 2.45) is 0 Å². The van der Waals surface area contributed by atoms with Crippen LogP contribution in [-0.2, 0) is 9.59 Å². The zero-order valence-corrected chi connectivity index (χ0v) is 17.5. The van der Waals surface area contributed by atoms with Crippen LogP contribution in [0.15, 0.2) is 48.5 Å². The van der Waals surface area contributed by atoms with E-state index in [1.807, 2.05) is 0 Å². The van der Waals surface area contributed by atoms with E-state index in [4.69, 9.17) is 9.47 Å². The van der Waals surface area contributed by atoms with Crippen molar-refractivity contribution in [1.82, 2.24) is 4.90 Å². The molecular weight excluding hydrogens is 396 g/mol. The molecule has 2 aliphatic heterocycles. The molecule has 0 aromatic heterocycles. The van der Waals surface area contributed by atoms with Gasteiger partial charge in [0.1, 0.15) is 6.04 Å². The number of imide groups is 1. The van der Waals surface area contributed by atoms with Gasteiger partial charge in [0.25, 0.3) is 17.7 Å². The number of carbonyl (C=O) groups is 3. The minimum Gasteiger partial charge on any atom is -0.493 e. The van der Waals surface area contributed by atoms with E-state index in [1.54, 1.807) is 60.6 Å². The Hall–Kier alpha value is -3.61. The third kappa shape index (κ3) is 3.79. The number of carbonyl (C=O) groups excluding carboxylic acids is 3. The Morgan fingerprint density at radius 3 is 2.58 bits per heavy atom. The summed E-state index contributed by atoms with van der Waals surface area (Å²) in [6.07, 6.45) is 5.22. The molecule has 160 valence electrons. The Labute approximate surface area is 180 Å². The monoisotopic (exact) mass is 420 g/mol. The molecule has 1 fully saturated rings. The molecule has 1 atom stereocenters. The Balaban J connectivity index is 1.69. The number of benzene rings is 2. The molecular formula is C24H24N2O5. The standard InChI is InChI=1S/C24H24N2O5/c1-30-20-12-10-16(15-21(20)31-2)11-13-22(27)26-18-8-4-3-7-17(18)23(28)25-14-6-5-9-19(25)24(26)29/h3-4,7-8,10-13,15,19H,5-6,9,14H2,1-2H3/b13-11+/t19-/m1/s1. The number of para-hydroxylation sites is 1. The fourth-order valence-corrected chi connectivity index (χ4v) is 4.13. The van der Waals surface area contributed by atoms with Crippen molar-refractivity contribution in [3.05, 3.63) is 59.7 Å². The number of rotatable bonds is 4. The molecule has 2 aromatic carbocycles. The zero-order chi connectivity index (χ0) is 22.0. The number of amides is 3. The molecule has 0 bridgehead atoms. The van der Waals surface area contributed by atoms with Crippen LogP contribution in [0.3, 0.4) is 0 Å². The number of anilines is 1. The number of hydrogen-bond acceptors (Lipinski definition) is 5. The van der Waals surface area contributed by atoms with Crippen LogP contribution in [0.1, 0.15) is 35.2 Å². The van der Waals surface area contributed by atoms with Gasteiger partial charge < -0.3 is 14.4 Å². The maximum atomic E-state index is 13.4. The van der Waals surface area contributed by atoms with E-state index >= 15 is 0 Å². The van der Waals surface area contributed by atoms with Crippen LogP contribution < -0.4 is 14.4 Å². The van der Waals surface area contributed by atoms with Crippen LogP contribution in [0.4, 0.5) is 5.69 Å². The molecule has 31 heavy (non-hydrogen) atoms. The van der Waals surface area contributed by atoms with E-state index in [0.717, 1.165) is 23.3 Å². The lowest BCUT2D eigenvalue weighted by atomic mass is 10.0. The van der Waals surface area contributed by atoms with Gasteiger partial charge in [0.05, 0.1) is 25.5 Å². The first-order valence-electron chi connectivity index (χ1n) is 10.2. The molecule has 7 heteroatoms. The molecule has 2 aromatic rings. The van der Waals surface area contributed by atoms with Gasteiger partial charge in [-0.15, -0.1) is 0 Å². The highest BCUT2D eigenvalue weighted by Gasteiger charge is 2.42. The van der Waals surface area contributed by atoms with E-state index in [0.29, 0.717) is 35.7 Å². The van der Waals surface area contributed by atoms with Crippen molar-refractivity contribution in [2.45, 2.75) is 25.3 Å². The Bertz CT molecular complexity index is 1060. The van der Waals surface area contributed by atoms with E-state index < -0.39 is 11.9 Å². The number of hydrogen-bond donors (Lipinski definition) is 0. The summed E-state index contributed by atoms with van der Waals surface area (Å²) in [6.45, 7) is 0.521. The SMILES string of the molecule is COc1ccc(/C=C/C(=O)N2C(=O)[C@H]3CCCCN3C(=O)c3ccccc32)cc1OC. The molecule has 3 amide bonds. The smallest absolute Gasteiger partial charge is 0.257 e. The van der Waals surface area contributed by atoms with Gasteiger partial charge in [-0.3, -0.25) is 14.4 Å². The van der Waals surface area contributed by atoms with E-state index in [-0.39, 0.29) is 11.8 Å². The predicted octanol–water partition coefficient (Wildman–Crippen LogP) is 3.29. The fourth-order valence-electron chi connectivity index (χ4n) is 4.13. The summed E-state index contributed by atoms with van der Waals surface area (Å²) in [7, 11) is 3.09. The molecule has 0 unspecified atom stereocenters. The summed E-state index contributed by atoms with van der Waals surface area (Å²) in [5.41, 5.74) is 1.42. The zero-order valence-electron chi connectivity index (χ0n) is 17.5. The average Bonchev–Trinajstić information content (AvgIpc) is 2.91. The van der Waals surface area contributed by atoms with Gasteiger partial charge in [0.2, 0.25) is 0 Å². The van der Waals surface area contributed by atoms with Crippen LogP contribution in [0, 0.1) is 0 Å². The lowest BCUT2D eigenvalue weighted by Crippen LogP contribution is -2.51. The number of piperidine rings is 1. The topological polar surface area (TPSA) is 76.2 Å². The summed E-state index contributed by atoms with van der Waals surface area (Å²) in [5.74, 6) is 0.0653. The fraction of sp³-hybridized carbons (Fsp3) is 0.292. The molecule has 2 aliphatic rings. The highest BCUT2D eigenvalue weighted by atomic mass is 16.5. The highest BCUT2D eigenvalue weighted by Crippen LogP contribution is 2.32. The van der Waals surface area contributed by atoms with Gasteiger partial charge in [-0.05, 0) is 55.2 Å². The van der Waals surface area contributed by atoms with Crippen molar-refractivity contribution >= 4 is 29.5 Å². The molecule has 0 N–H and O–H groups in total. The van der Waals surface area contributed by atoms with Gasteiger partial charge in [0, 0.05) is 12.6 Å². The third-order valence-electron chi connectivity index (χ3n) is 5.69. The summed E-state index contributed by atoms with van der Waals surface area (Å²) < 4.78 is 10.5. The van der Waals surface area contributed by atoms with Crippen molar-refractivity contribution in [2.75, 3.05) is 25.7 Å². The van der Waals surface area contributed by atoms with Crippen molar-refractivity contribution in [3.8, 4) is 11.5 Å². The van der Waals surface area contributed by atoms with Crippen LogP contribution in [0.5, 0.6) is 11.5 Å². The maximum absolute atomic E-state index is 13.4. The van der Waals surface area contributed by atoms with Crippen molar-refractivity contribution < 1.29 is 23.9 Å². The Kier molecular flexibility index (Phi) is 5.75. The first-order valence-corrected chi connectivity index (χ1v) is 10.2. The molecule has 0 aliphatic carbocycles. The van der Waals surface area contributed by atoms with E-state index in [9.17, 15) is 14.4 Å². The number of nitrogens with zero attached hydrogens (tertiary/aromatic N) is 2. The normalized spacial score (nSPS) is 18.5. The second kappa shape index (κ2) is 8.63. The highest BCUT2D eigenvalue weighted by molar-refractivity contribution is 6.25. The largest absolute Gasteiger partial charge is 0.493 e. The third-order valence-corrected chi connectivity index (χ3v) is 5.69. The molecule has 0 spiro atoms. The molecule has 7 nitrogen and oxygen atoms in total. The molecule has 2 heterocycles. The van der Waals surface area contributed by atoms with E-state index in [2.05, 4.69) is 0 Å². The summed E-state index contributed by atoms with van der Waals surface area (Å²) >= 11 is 0. The van der Waals surface area contributed by atoms with Gasteiger partial charge >= 0.3 is 0 Å². The van der Waals surface area contributed by atoms with Gasteiger partial charge in [-0.2, -0.15) is 0 Å². The van der Waals surface area contributed by atoms with Crippen molar-refractivity contribution in [3.63, 3.8) is 0 Å². The molecule has 4 rings (SSSR count). The van der Waals surface area contributed by atoms with Gasteiger partial charge in [0.15, 0.2) is 11.5 Å². The van der Waals surface area contributed by atoms with Crippen LogP contribution in [0.2, 0.25) is 0 Å². The lowest BCUT2D eigenvalue weighted by Gasteiger charge is -2.33. The number of ether oxygens (including phenoxy) is 2. The predicted molar refractivity (Wildman–Crippen MR) is 116 cm³/mol. The molecule has 0 radical (unpaired) electrons. The number of methoxy groups -OCH3 is 2. The Morgan fingerprint density at radius 2 is 1.81 bits per heavy atom. The average molecular weight is 420 g/mol. The lowest BCUT2D eigenvalue weighted by molar-refractivity contribution is -0.128. The number of fused-ring (bicyclic) bond motifs is 2. The summed E-state index contributed by atoms with van der Waals surface area (Å²) in [5, 5.41) is 0. The molecule has 1 saturated heterocycles. The van der Waals surface area contributed by atoms with Gasteiger partial charge in [-0.25, -0.2) is 4.90 Å². The van der Waals surface area contributed by atoms with Gasteiger partial charge in [-0.1, -0.05) is 18.2 Å². The maximum Gasteiger partial charge on any atom is 0.257 e. The van der Waals surface area contributed by atoms with Crippen LogP contribution in [0.25, 0.3) is 6.08 Å². The quantitative estimate of drug-likeness (QED) is 0.710. The first-order chi connectivity index (χ1) is 15.0. The molecule has 0 saturated carbocycles. The first kappa shape index (κ1) is 20.7.